The highest BCUT2D eigenvalue weighted by atomic mass is 32.2. The minimum atomic E-state index is -1.25. The second-order valence-electron chi connectivity index (χ2n) is 6.35. The summed E-state index contributed by atoms with van der Waals surface area (Å²) >= 11 is 0. The summed E-state index contributed by atoms with van der Waals surface area (Å²) in [6.07, 6.45) is 0. The fraction of sp³-hybridized carbons (Fsp3) is 0.278. The molecule has 1 heterocycles. The molecule has 1 atom stereocenters. The van der Waals surface area contributed by atoms with E-state index in [0.717, 1.165) is 33.2 Å². The predicted octanol–water partition coefficient (Wildman–Crippen LogP) is 4.86. The Morgan fingerprint density at radius 3 is 2.45 bits per heavy atom. The molecule has 3 nitrogen and oxygen atoms in total. The highest BCUT2D eigenvalue weighted by Crippen LogP contribution is 2.29. The zero-order valence-corrected chi connectivity index (χ0v) is 14.0. The Hall–Kier alpha value is -1.94. The van der Waals surface area contributed by atoms with E-state index in [1.54, 1.807) is 0 Å². The number of rotatable bonds is 2. The SMILES string of the molecule is C/C(=N\[S@@](=O)C(C)(C)C)c1ccc2oc3ccccc3c2c1. The lowest BCUT2D eigenvalue weighted by Gasteiger charge is -2.14. The van der Waals surface area contributed by atoms with Crippen LogP contribution in [0.25, 0.3) is 21.9 Å². The number of nitrogens with zero attached hydrogens (tertiary/aromatic N) is 1. The third-order valence-corrected chi connectivity index (χ3v) is 5.03. The van der Waals surface area contributed by atoms with Gasteiger partial charge in [0, 0.05) is 10.8 Å². The third kappa shape index (κ3) is 2.71. The van der Waals surface area contributed by atoms with E-state index < -0.39 is 11.0 Å². The number of benzene rings is 2. The van der Waals surface area contributed by atoms with Crippen LogP contribution in [0.3, 0.4) is 0 Å². The van der Waals surface area contributed by atoms with Crippen LogP contribution < -0.4 is 0 Å². The van der Waals surface area contributed by atoms with Crippen molar-refractivity contribution in [2.75, 3.05) is 0 Å². The molecular formula is C18H19NO2S. The molecule has 0 fully saturated rings. The lowest BCUT2D eigenvalue weighted by atomic mass is 10.1. The summed E-state index contributed by atoms with van der Waals surface area (Å²) in [7, 11) is -1.25. The van der Waals surface area contributed by atoms with E-state index in [1.807, 2.05) is 64.1 Å². The topological polar surface area (TPSA) is 42.6 Å². The average Bonchev–Trinajstić information content (AvgIpc) is 2.83. The molecule has 0 saturated carbocycles. The maximum absolute atomic E-state index is 12.2. The van der Waals surface area contributed by atoms with Crippen LogP contribution in [0, 0.1) is 0 Å². The van der Waals surface area contributed by atoms with Gasteiger partial charge in [0.25, 0.3) is 0 Å². The molecule has 1 aromatic heterocycles. The van der Waals surface area contributed by atoms with Crippen molar-refractivity contribution in [2.24, 2.45) is 4.40 Å². The first-order valence-electron chi connectivity index (χ1n) is 7.25. The van der Waals surface area contributed by atoms with Gasteiger partial charge >= 0.3 is 0 Å². The molecule has 0 amide bonds. The largest absolute Gasteiger partial charge is 0.456 e. The quantitative estimate of drug-likeness (QED) is 0.634. The molecule has 0 N–H and O–H groups in total. The fourth-order valence-corrected chi connectivity index (χ4v) is 2.89. The van der Waals surface area contributed by atoms with Gasteiger partial charge in [-0.25, -0.2) is 4.21 Å². The number of hydrogen-bond donors (Lipinski definition) is 0. The van der Waals surface area contributed by atoms with Gasteiger partial charge in [0.2, 0.25) is 0 Å². The molecule has 0 unspecified atom stereocenters. The summed E-state index contributed by atoms with van der Waals surface area (Å²) in [6.45, 7) is 7.67. The van der Waals surface area contributed by atoms with E-state index >= 15 is 0 Å². The number of hydrogen-bond acceptors (Lipinski definition) is 2. The minimum absolute atomic E-state index is 0.353. The van der Waals surface area contributed by atoms with Gasteiger partial charge in [-0.05, 0) is 57.5 Å². The van der Waals surface area contributed by atoms with Crippen molar-refractivity contribution < 1.29 is 8.63 Å². The molecule has 0 aliphatic carbocycles. The fourth-order valence-electron chi connectivity index (χ4n) is 2.27. The van der Waals surface area contributed by atoms with Crippen LogP contribution in [0.1, 0.15) is 33.3 Å². The molecule has 4 heteroatoms. The minimum Gasteiger partial charge on any atom is -0.456 e. The summed E-state index contributed by atoms with van der Waals surface area (Å²) in [5.41, 5.74) is 3.48. The zero-order valence-electron chi connectivity index (χ0n) is 13.2. The number of fused-ring (bicyclic) bond motifs is 3. The number of para-hydroxylation sites is 1. The zero-order chi connectivity index (χ0) is 15.9. The van der Waals surface area contributed by atoms with Crippen molar-refractivity contribution in [1.29, 1.82) is 0 Å². The van der Waals surface area contributed by atoms with Crippen LogP contribution >= 0.6 is 0 Å². The van der Waals surface area contributed by atoms with Crippen molar-refractivity contribution in [2.45, 2.75) is 32.4 Å². The van der Waals surface area contributed by atoms with E-state index in [2.05, 4.69) is 10.5 Å². The van der Waals surface area contributed by atoms with Crippen molar-refractivity contribution in [1.82, 2.24) is 0 Å². The van der Waals surface area contributed by atoms with E-state index in [9.17, 15) is 4.21 Å². The van der Waals surface area contributed by atoms with E-state index in [1.165, 1.54) is 0 Å². The van der Waals surface area contributed by atoms with Crippen molar-refractivity contribution in [3.63, 3.8) is 0 Å². The molecule has 3 aromatic rings. The Bertz CT molecular complexity index is 900. The molecule has 0 bridgehead atoms. The van der Waals surface area contributed by atoms with Gasteiger partial charge in [-0.3, -0.25) is 0 Å². The van der Waals surface area contributed by atoms with Crippen LogP contribution in [0.5, 0.6) is 0 Å². The van der Waals surface area contributed by atoms with E-state index in [0.29, 0.717) is 0 Å². The molecular weight excluding hydrogens is 294 g/mol. The van der Waals surface area contributed by atoms with Gasteiger partial charge in [0.1, 0.15) is 22.2 Å². The van der Waals surface area contributed by atoms with Gasteiger partial charge in [0.15, 0.2) is 0 Å². The lowest BCUT2D eigenvalue weighted by Crippen LogP contribution is -2.20. The van der Waals surface area contributed by atoms with E-state index in [4.69, 9.17) is 4.42 Å². The van der Waals surface area contributed by atoms with Crippen LogP contribution in [-0.4, -0.2) is 14.7 Å². The highest BCUT2D eigenvalue weighted by Gasteiger charge is 2.19. The predicted molar refractivity (Wildman–Crippen MR) is 93.8 cm³/mol. The monoisotopic (exact) mass is 313 g/mol. The normalized spacial score (nSPS) is 14.6. The first kappa shape index (κ1) is 15.0. The second-order valence-corrected chi connectivity index (χ2v) is 8.25. The first-order chi connectivity index (χ1) is 10.4. The maximum Gasteiger partial charge on any atom is 0.145 e. The van der Waals surface area contributed by atoms with Crippen molar-refractivity contribution in [3.05, 3.63) is 48.0 Å². The van der Waals surface area contributed by atoms with Crippen LogP contribution in [-0.2, 0) is 11.0 Å². The Morgan fingerprint density at radius 1 is 1.05 bits per heavy atom. The number of furan rings is 1. The Morgan fingerprint density at radius 2 is 1.73 bits per heavy atom. The summed E-state index contributed by atoms with van der Waals surface area (Å²) in [5.74, 6) is 0. The summed E-state index contributed by atoms with van der Waals surface area (Å²) < 4.78 is 22.0. The molecule has 0 saturated heterocycles. The smallest absolute Gasteiger partial charge is 0.145 e. The highest BCUT2D eigenvalue weighted by molar-refractivity contribution is 7.85. The molecule has 114 valence electrons. The first-order valence-corrected chi connectivity index (χ1v) is 8.36. The Kier molecular flexibility index (Phi) is 3.65. The third-order valence-electron chi connectivity index (χ3n) is 3.54. The second kappa shape index (κ2) is 5.36. The van der Waals surface area contributed by atoms with Crippen molar-refractivity contribution in [3.8, 4) is 0 Å². The summed E-state index contributed by atoms with van der Waals surface area (Å²) in [6, 6.07) is 13.9. The van der Waals surface area contributed by atoms with Crippen LogP contribution in [0.4, 0.5) is 0 Å². The van der Waals surface area contributed by atoms with Crippen molar-refractivity contribution >= 4 is 38.6 Å². The van der Waals surface area contributed by atoms with Gasteiger partial charge < -0.3 is 4.42 Å². The van der Waals surface area contributed by atoms with E-state index in [-0.39, 0.29) is 4.75 Å². The maximum atomic E-state index is 12.2. The van der Waals surface area contributed by atoms with Gasteiger partial charge in [-0.1, -0.05) is 18.2 Å². The van der Waals surface area contributed by atoms with Crippen LogP contribution in [0.15, 0.2) is 51.3 Å². The molecule has 0 radical (unpaired) electrons. The molecule has 3 rings (SSSR count). The summed E-state index contributed by atoms with van der Waals surface area (Å²) in [4.78, 5) is 0. The Labute approximate surface area is 132 Å². The van der Waals surface area contributed by atoms with Gasteiger partial charge in [-0.2, -0.15) is 4.40 Å². The molecule has 0 aliphatic rings. The molecule has 2 aromatic carbocycles. The molecule has 22 heavy (non-hydrogen) atoms. The summed E-state index contributed by atoms with van der Waals surface area (Å²) in [5, 5.41) is 2.15. The lowest BCUT2D eigenvalue weighted by molar-refractivity contribution is 0.650. The molecule has 0 spiro atoms. The van der Waals surface area contributed by atoms with Crippen LogP contribution in [0.2, 0.25) is 0 Å². The van der Waals surface area contributed by atoms with Gasteiger partial charge in [0.05, 0.1) is 10.5 Å². The molecule has 0 aliphatic heterocycles. The Balaban J connectivity index is 2.10. The average molecular weight is 313 g/mol. The van der Waals surface area contributed by atoms with Gasteiger partial charge in [-0.15, -0.1) is 0 Å². The standard InChI is InChI=1S/C18H19NO2S/c1-12(19-22(20)18(2,3)4)13-9-10-17-15(11-13)14-7-5-6-8-16(14)21-17/h5-11H,1-4H3/b19-12+/t22-/m0/s1.